The summed E-state index contributed by atoms with van der Waals surface area (Å²) in [7, 11) is -2.65. The van der Waals surface area contributed by atoms with Gasteiger partial charge in [0.2, 0.25) is 0 Å². The summed E-state index contributed by atoms with van der Waals surface area (Å²) in [6, 6.07) is 6.87. The number of hydrogen-bond acceptors (Lipinski definition) is 5. The summed E-state index contributed by atoms with van der Waals surface area (Å²) in [6.45, 7) is 0. The molecule has 0 aromatic carbocycles. The Bertz CT molecular complexity index is 887. The molecule has 7 nitrogen and oxygen atoms in total. The van der Waals surface area contributed by atoms with Crippen LogP contribution in [0.25, 0.3) is 0 Å². The smallest absolute Gasteiger partial charge is 0.319 e. The van der Waals surface area contributed by atoms with Crippen molar-refractivity contribution in [1.29, 1.82) is 0 Å². The van der Waals surface area contributed by atoms with Crippen LogP contribution in [0.5, 0.6) is 0 Å². The van der Waals surface area contributed by atoms with Gasteiger partial charge in [0.15, 0.2) is 0 Å². The van der Waals surface area contributed by atoms with Crippen LogP contribution in [0.4, 0.5) is 5.69 Å². The highest BCUT2D eigenvalue weighted by molar-refractivity contribution is 7.88. The van der Waals surface area contributed by atoms with Crippen LogP contribution >= 0.6 is 11.3 Å². The topological polar surface area (TPSA) is 91.7 Å². The molecule has 2 aromatic rings. The lowest BCUT2D eigenvalue weighted by Gasteiger charge is -2.23. The Morgan fingerprint density at radius 3 is 2.78 bits per heavy atom. The highest BCUT2D eigenvalue weighted by Gasteiger charge is 2.30. The van der Waals surface area contributed by atoms with Gasteiger partial charge in [-0.05, 0) is 29.7 Å². The lowest BCUT2D eigenvalue weighted by molar-refractivity contribution is -0.113. The summed E-state index contributed by atoms with van der Waals surface area (Å²) in [6.07, 6.45) is 4.51. The molecule has 23 heavy (non-hydrogen) atoms. The largest absolute Gasteiger partial charge is 0.345 e. The van der Waals surface area contributed by atoms with Crippen molar-refractivity contribution in [3.8, 4) is 0 Å². The number of nitrogens with zero attached hydrogens (tertiary/aromatic N) is 3. The van der Waals surface area contributed by atoms with Gasteiger partial charge in [-0.2, -0.15) is 8.42 Å². The van der Waals surface area contributed by atoms with E-state index >= 15 is 0 Å². The minimum Gasteiger partial charge on any atom is -0.319 e. The number of allylic oxidation sites excluding steroid dienone is 1. The van der Waals surface area contributed by atoms with Crippen molar-refractivity contribution in [2.45, 2.75) is 0 Å². The predicted octanol–water partition coefficient (Wildman–Crippen LogP) is 1.65. The molecular formula is C14H12N4O3S2. The lowest BCUT2D eigenvalue weighted by atomic mass is 10.2. The van der Waals surface area contributed by atoms with Gasteiger partial charge in [-0.1, -0.05) is 6.07 Å². The molecule has 0 fully saturated rings. The molecule has 0 spiro atoms. The molecule has 3 heterocycles. The number of thiophene rings is 1. The van der Waals surface area contributed by atoms with E-state index < -0.39 is 16.1 Å². The van der Waals surface area contributed by atoms with E-state index in [-0.39, 0.29) is 11.4 Å². The first-order valence-electron chi connectivity index (χ1n) is 6.53. The Morgan fingerprint density at radius 1 is 1.30 bits per heavy atom. The van der Waals surface area contributed by atoms with Crippen molar-refractivity contribution < 1.29 is 13.2 Å². The van der Waals surface area contributed by atoms with Crippen LogP contribution in [0.2, 0.25) is 0 Å². The zero-order valence-corrected chi connectivity index (χ0v) is 13.6. The molecular weight excluding hydrogens is 336 g/mol. The third-order valence-electron chi connectivity index (χ3n) is 3.10. The Labute approximate surface area is 137 Å². The maximum atomic E-state index is 12.4. The van der Waals surface area contributed by atoms with Crippen molar-refractivity contribution in [2.24, 2.45) is 4.40 Å². The number of nitrogens with one attached hydrogen (secondary N) is 1. The Kier molecular flexibility index (Phi) is 3.97. The molecule has 1 amide bonds. The van der Waals surface area contributed by atoms with Crippen LogP contribution in [-0.4, -0.2) is 36.4 Å². The molecule has 2 aromatic heterocycles. The van der Waals surface area contributed by atoms with Crippen molar-refractivity contribution in [3.63, 3.8) is 0 Å². The molecule has 0 bridgehead atoms. The predicted molar refractivity (Wildman–Crippen MR) is 88.5 cm³/mol. The summed E-state index contributed by atoms with van der Waals surface area (Å²) in [5.41, 5.74) is 0.714. The van der Waals surface area contributed by atoms with E-state index in [1.165, 1.54) is 30.7 Å². The van der Waals surface area contributed by atoms with Gasteiger partial charge < -0.3 is 5.32 Å². The van der Waals surface area contributed by atoms with Crippen molar-refractivity contribution >= 4 is 38.9 Å². The Morgan fingerprint density at radius 2 is 2.13 bits per heavy atom. The van der Waals surface area contributed by atoms with Crippen LogP contribution in [0.3, 0.4) is 0 Å². The fourth-order valence-electron chi connectivity index (χ4n) is 1.94. The van der Waals surface area contributed by atoms with Gasteiger partial charge >= 0.3 is 10.2 Å². The molecule has 1 N–H and O–H groups in total. The number of anilines is 1. The second-order valence-corrected chi connectivity index (χ2v) is 7.20. The maximum absolute atomic E-state index is 12.4. The second kappa shape index (κ2) is 5.94. The van der Waals surface area contributed by atoms with Crippen molar-refractivity contribution in [2.75, 3.05) is 12.4 Å². The van der Waals surface area contributed by atoms with Crippen LogP contribution < -0.4 is 5.32 Å². The minimum atomic E-state index is -3.94. The molecule has 1 aliphatic heterocycles. The number of carbonyl (C=O) groups is 1. The number of carbonyl (C=O) groups excluding carboxylic acids is 1. The third kappa shape index (κ3) is 3.15. The monoisotopic (exact) mass is 348 g/mol. The van der Waals surface area contributed by atoms with Gasteiger partial charge in [-0.25, -0.2) is 4.31 Å². The molecule has 0 aliphatic carbocycles. The normalized spacial score (nSPS) is 16.5. The van der Waals surface area contributed by atoms with Gasteiger partial charge in [0.05, 0.1) is 22.5 Å². The number of amides is 1. The van der Waals surface area contributed by atoms with Gasteiger partial charge in [0, 0.05) is 13.2 Å². The average molecular weight is 348 g/mol. The lowest BCUT2D eigenvalue weighted by Crippen LogP contribution is -2.35. The van der Waals surface area contributed by atoms with E-state index in [2.05, 4.69) is 14.7 Å². The summed E-state index contributed by atoms with van der Waals surface area (Å²) in [5.74, 6) is -0.548. The maximum Gasteiger partial charge on any atom is 0.345 e. The molecule has 0 radical (unpaired) electrons. The summed E-state index contributed by atoms with van der Waals surface area (Å²) < 4.78 is 28.9. The molecule has 0 atom stereocenters. The van der Waals surface area contributed by atoms with E-state index in [0.29, 0.717) is 10.6 Å². The molecule has 118 valence electrons. The summed E-state index contributed by atoms with van der Waals surface area (Å²) in [5, 5.41) is 4.43. The third-order valence-corrected chi connectivity index (χ3v) is 5.31. The fraction of sp³-hybridized carbons (Fsp3) is 0.0714. The number of pyridine rings is 1. The molecule has 1 aliphatic rings. The van der Waals surface area contributed by atoms with Crippen LogP contribution in [0, 0.1) is 0 Å². The molecule has 0 unspecified atom stereocenters. The molecule has 0 saturated heterocycles. The fourth-order valence-corrected chi connectivity index (χ4v) is 3.59. The van der Waals surface area contributed by atoms with Crippen molar-refractivity contribution in [3.05, 3.63) is 58.7 Å². The second-order valence-electron chi connectivity index (χ2n) is 4.62. The van der Waals surface area contributed by atoms with E-state index in [0.717, 1.165) is 4.31 Å². The van der Waals surface area contributed by atoms with E-state index in [1.807, 2.05) is 5.38 Å². The minimum absolute atomic E-state index is 0.00717. The zero-order valence-electron chi connectivity index (χ0n) is 12.0. The number of likely N-dealkylation sites (N-methyl/N-ethyl adjacent to an activating group) is 1. The molecule has 3 rings (SSSR count). The summed E-state index contributed by atoms with van der Waals surface area (Å²) in [4.78, 5) is 17.0. The number of aromatic nitrogens is 1. The van der Waals surface area contributed by atoms with Crippen molar-refractivity contribution in [1.82, 2.24) is 9.29 Å². The first-order valence-corrected chi connectivity index (χ1v) is 8.81. The molecule has 9 heteroatoms. The van der Waals surface area contributed by atoms with Gasteiger partial charge in [0.25, 0.3) is 5.91 Å². The zero-order chi connectivity index (χ0) is 16.4. The quantitative estimate of drug-likeness (QED) is 0.913. The highest BCUT2D eigenvalue weighted by Crippen LogP contribution is 2.22. The average Bonchev–Trinajstić information content (AvgIpc) is 3.05. The van der Waals surface area contributed by atoms with Crippen LogP contribution in [0.15, 0.2) is 58.2 Å². The van der Waals surface area contributed by atoms with Crippen LogP contribution in [0.1, 0.15) is 4.88 Å². The van der Waals surface area contributed by atoms with E-state index in [1.54, 1.807) is 30.5 Å². The first kappa shape index (κ1) is 15.4. The van der Waals surface area contributed by atoms with Crippen LogP contribution in [-0.2, 0) is 15.0 Å². The SMILES string of the molecule is CN1C(C(=O)Nc2cccnc2)=CC(c2cccs2)=NS1(=O)=O. The van der Waals surface area contributed by atoms with E-state index in [4.69, 9.17) is 0 Å². The van der Waals surface area contributed by atoms with Gasteiger partial charge in [0.1, 0.15) is 5.70 Å². The standard InChI is InChI=1S/C14H12N4O3S2/c1-18-12(14(19)16-10-4-2-6-15-9-10)8-11(17-23(18,20)21)13-5-3-7-22-13/h2-9H,1H3,(H,16,19). The molecule has 0 saturated carbocycles. The Balaban J connectivity index is 1.96. The summed E-state index contributed by atoms with van der Waals surface area (Å²) >= 11 is 1.35. The first-order chi connectivity index (χ1) is 11.0. The Hall–Kier alpha value is -2.52. The van der Waals surface area contributed by atoms with Gasteiger partial charge in [-0.15, -0.1) is 15.7 Å². The number of rotatable bonds is 3. The number of hydrogen-bond donors (Lipinski definition) is 1. The van der Waals surface area contributed by atoms with Gasteiger partial charge in [-0.3, -0.25) is 9.78 Å². The van der Waals surface area contributed by atoms with E-state index in [9.17, 15) is 13.2 Å². The highest BCUT2D eigenvalue weighted by atomic mass is 32.2.